The molecule has 2 aliphatic rings. The Morgan fingerprint density at radius 2 is 1.92 bits per heavy atom. The fraction of sp³-hybridized carbons (Fsp3) is 0.579. The molecule has 144 valence electrons. The highest BCUT2D eigenvalue weighted by molar-refractivity contribution is 5.94. The quantitative estimate of drug-likeness (QED) is 0.816. The molecule has 2 heterocycles. The minimum absolute atomic E-state index is 0. The molecule has 7 heteroatoms. The minimum atomic E-state index is -0.478. The van der Waals surface area contributed by atoms with Crippen molar-refractivity contribution in [3.05, 3.63) is 29.8 Å². The van der Waals surface area contributed by atoms with E-state index in [4.69, 9.17) is 10.5 Å². The topological polar surface area (TPSA) is 84.7 Å². The number of hydrogen-bond donors (Lipinski definition) is 2. The van der Waals surface area contributed by atoms with Gasteiger partial charge in [0.15, 0.2) is 0 Å². The van der Waals surface area contributed by atoms with Gasteiger partial charge >= 0.3 is 0 Å². The van der Waals surface area contributed by atoms with Gasteiger partial charge in [0, 0.05) is 38.4 Å². The highest BCUT2D eigenvalue weighted by Gasteiger charge is 2.26. The van der Waals surface area contributed by atoms with Crippen LogP contribution < -0.4 is 16.0 Å². The first kappa shape index (κ1) is 20.7. The number of hydrogen-bond acceptors (Lipinski definition) is 4. The summed E-state index contributed by atoms with van der Waals surface area (Å²) in [6.45, 7) is 2.60. The number of ether oxygens (including phenoxy) is 1. The molecule has 3 rings (SSSR count). The second-order valence-electron chi connectivity index (χ2n) is 6.86. The van der Waals surface area contributed by atoms with Gasteiger partial charge in [-0.25, -0.2) is 0 Å². The summed E-state index contributed by atoms with van der Waals surface area (Å²) in [5.74, 6) is 0.276. The predicted octanol–water partition coefficient (Wildman–Crippen LogP) is 2.00. The minimum Gasteiger partial charge on any atom is -0.381 e. The Morgan fingerprint density at radius 1 is 1.23 bits per heavy atom. The number of anilines is 1. The average molecular weight is 382 g/mol. The fourth-order valence-electron chi connectivity index (χ4n) is 3.47. The highest BCUT2D eigenvalue weighted by Crippen LogP contribution is 2.21. The van der Waals surface area contributed by atoms with Gasteiger partial charge in [0.2, 0.25) is 11.8 Å². The maximum Gasteiger partial charge on any atom is 0.237 e. The second kappa shape index (κ2) is 9.90. The number of nitrogens with zero attached hydrogens (tertiary/aromatic N) is 1. The van der Waals surface area contributed by atoms with Crippen LogP contribution in [0, 0.1) is 5.92 Å². The number of carbonyl (C=O) groups excluding carboxylic acids is 2. The van der Waals surface area contributed by atoms with E-state index in [1.54, 1.807) is 0 Å². The molecule has 2 saturated heterocycles. The summed E-state index contributed by atoms with van der Waals surface area (Å²) in [5.41, 5.74) is 8.01. The first-order valence-corrected chi connectivity index (χ1v) is 9.15. The lowest BCUT2D eigenvalue weighted by atomic mass is 9.92. The van der Waals surface area contributed by atoms with E-state index in [-0.39, 0.29) is 30.1 Å². The Labute approximate surface area is 160 Å². The summed E-state index contributed by atoms with van der Waals surface area (Å²) >= 11 is 0. The lowest BCUT2D eigenvalue weighted by Gasteiger charge is -2.27. The summed E-state index contributed by atoms with van der Waals surface area (Å²) in [5, 5.41) is 2.92. The lowest BCUT2D eigenvalue weighted by Crippen LogP contribution is -2.46. The van der Waals surface area contributed by atoms with Crippen LogP contribution in [0.5, 0.6) is 0 Å². The summed E-state index contributed by atoms with van der Waals surface area (Å²) in [6, 6.07) is 7.33. The molecule has 26 heavy (non-hydrogen) atoms. The molecule has 0 radical (unpaired) electrons. The summed E-state index contributed by atoms with van der Waals surface area (Å²) < 4.78 is 5.31. The Morgan fingerprint density at radius 3 is 2.58 bits per heavy atom. The van der Waals surface area contributed by atoms with Crippen molar-refractivity contribution in [2.75, 3.05) is 24.7 Å². The fourth-order valence-corrected chi connectivity index (χ4v) is 3.47. The molecule has 0 bridgehead atoms. The molecule has 3 N–H and O–H groups in total. The molecular formula is C19H28ClN3O3. The number of piperidine rings is 1. The zero-order valence-electron chi connectivity index (χ0n) is 15.0. The third kappa shape index (κ3) is 5.19. The molecule has 6 nitrogen and oxygen atoms in total. The van der Waals surface area contributed by atoms with Gasteiger partial charge in [0.25, 0.3) is 0 Å². The maximum atomic E-state index is 12.2. The van der Waals surface area contributed by atoms with E-state index < -0.39 is 6.04 Å². The van der Waals surface area contributed by atoms with Crippen LogP contribution in [-0.2, 0) is 20.9 Å². The molecule has 1 unspecified atom stereocenters. The lowest BCUT2D eigenvalue weighted by molar-refractivity contribution is -0.124. The molecule has 1 aromatic rings. The Bertz CT molecular complexity index is 603. The van der Waals surface area contributed by atoms with E-state index in [0.717, 1.165) is 43.5 Å². The van der Waals surface area contributed by atoms with Gasteiger partial charge in [-0.05, 0) is 49.3 Å². The Hall–Kier alpha value is -1.63. The Kier molecular flexibility index (Phi) is 7.87. The van der Waals surface area contributed by atoms with Gasteiger partial charge in [0.1, 0.15) is 0 Å². The van der Waals surface area contributed by atoms with Crippen molar-refractivity contribution >= 4 is 29.9 Å². The van der Waals surface area contributed by atoms with Gasteiger partial charge in [-0.15, -0.1) is 12.4 Å². The number of benzene rings is 1. The summed E-state index contributed by atoms with van der Waals surface area (Å²) in [4.78, 5) is 26.0. The van der Waals surface area contributed by atoms with Crippen molar-refractivity contribution in [2.45, 2.75) is 44.7 Å². The zero-order valence-corrected chi connectivity index (χ0v) is 15.8. The first-order chi connectivity index (χ1) is 12.1. The van der Waals surface area contributed by atoms with Crippen LogP contribution in [0.25, 0.3) is 0 Å². The van der Waals surface area contributed by atoms with E-state index in [2.05, 4.69) is 5.32 Å². The van der Waals surface area contributed by atoms with E-state index >= 15 is 0 Å². The van der Waals surface area contributed by atoms with Crippen molar-refractivity contribution in [2.24, 2.45) is 11.7 Å². The molecule has 0 aliphatic carbocycles. The van der Waals surface area contributed by atoms with Crippen molar-refractivity contribution in [3.63, 3.8) is 0 Å². The third-order valence-electron chi connectivity index (χ3n) is 5.11. The van der Waals surface area contributed by atoms with Crippen molar-refractivity contribution in [1.82, 2.24) is 5.32 Å². The van der Waals surface area contributed by atoms with Crippen molar-refractivity contribution in [3.8, 4) is 0 Å². The second-order valence-corrected chi connectivity index (χ2v) is 6.86. The predicted molar refractivity (Wildman–Crippen MR) is 103 cm³/mol. The monoisotopic (exact) mass is 381 g/mol. The number of amides is 2. The number of carbonyl (C=O) groups is 2. The van der Waals surface area contributed by atoms with Crippen LogP contribution in [0.4, 0.5) is 5.69 Å². The number of nitrogens with one attached hydrogen (secondary N) is 1. The van der Waals surface area contributed by atoms with Crippen LogP contribution in [0.1, 0.15) is 37.7 Å². The van der Waals surface area contributed by atoms with E-state index in [0.29, 0.717) is 26.2 Å². The van der Waals surface area contributed by atoms with E-state index in [1.165, 1.54) is 0 Å². The summed E-state index contributed by atoms with van der Waals surface area (Å²) in [6.07, 6.45) is 4.34. The smallest absolute Gasteiger partial charge is 0.237 e. The normalized spacial score (nSPS) is 19.6. The highest BCUT2D eigenvalue weighted by atomic mass is 35.5. The van der Waals surface area contributed by atoms with Crippen LogP contribution in [0.15, 0.2) is 24.3 Å². The molecular weight excluding hydrogens is 354 g/mol. The maximum absolute atomic E-state index is 12.2. The zero-order chi connectivity index (χ0) is 17.6. The molecule has 0 spiro atoms. The van der Waals surface area contributed by atoms with Crippen molar-refractivity contribution < 1.29 is 14.3 Å². The van der Waals surface area contributed by atoms with Crippen LogP contribution >= 0.6 is 12.4 Å². The third-order valence-corrected chi connectivity index (χ3v) is 5.11. The Balaban J connectivity index is 0.00000243. The molecule has 2 amide bonds. The molecule has 0 saturated carbocycles. The number of rotatable bonds is 5. The number of halogens is 1. The van der Waals surface area contributed by atoms with Gasteiger partial charge in [-0.1, -0.05) is 12.1 Å². The largest absolute Gasteiger partial charge is 0.381 e. The van der Waals surface area contributed by atoms with Crippen LogP contribution in [0.2, 0.25) is 0 Å². The average Bonchev–Trinajstić information content (AvgIpc) is 2.67. The van der Waals surface area contributed by atoms with E-state index in [9.17, 15) is 9.59 Å². The van der Waals surface area contributed by atoms with Gasteiger partial charge in [0.05, 0.1) is 6.04 Å². The van der Waals surface area contributed by atoms with Gasteiger partial charge in [-0.3, -0.25) is 9.59 Å². The van der Waals surface area contributed by atoms with Crippen LogP contribution in [-0.4, -0.2) is 37.6 Å². The molecule has 0 aromatic heterocycles. The SMILES string of the molecule is Cl.NC(C(=O)NCc1ccc(N2CCCCC2=O)cc1)C1CCOCC1. The molecule has 1 atom stereocenters. The summed E-state index contributed by atoms with van der Waals surface area (Å²) in [7, 11) is 0. The van der Waals surface area contributed by atoms with Crippen molar-refractivity contribution in [1.29, 1.82) is 0 Å². The first-order valence-electron chi connectivity index (χ1n) is 9.15. The van der Waals surface area contributed by atoms with Gasteiger partial charge in [-0.2, -0.15) is 0 Å². The molecule has 2 fully saturated rings. The number of nitrogens with two attached hydrogens (primary N) is 1. The van der Waals surface area contributed by atoms with E-state index in [1.807, 2.05) is 29.2 Å². The van der Waals surface area contributed by atoms with Gasteiger partial charge < -0.3 is 20.7 Å². The van der Waals surface area contributed by atoms with Crippen LogP contribution in [0.3, 0.4) is 0 Å². The molecule has 1 aromatic carbocycles. The standard InChI is InChI=1S/C19H27N3O3.ClH/c20-18(15-8-11-25-12-9-15)19(24)21-13-14-4-6-16(7-5-14)22-10-2-1-3-17(22)23;/h4-7,15,18H,1-3,8-13,20H2,(H,21,24);1H. The molecule has 2 aliphatic heterocycles.